The zero-order valence-electron chi connectivity index (χ0n) is 16.6. The Hall–Kier alpha value is -2.14. The van der Waals surface area contributed by atoms with Crippen LogP contribution in [0.2, 0.25) is 10.0 Å². The lowest BCUT2D eigenvalue weighted by molar-refractivity contribution is 0.215. The zero-order chi connectivity index (χ0) is 21.3. The van der Waals surface area contributed by atoms with Crippen LogP contribution in [0.3, 0.4) is 0 Å². The molecule has 1 unspecified atom stereocenters. The molecule has 4 rings (SSSR count). The molecule has 0 spiro atoms. The smallest absolute Gasteiger partial charge is 0.159 e. The highest BCUT2D eigenvalue weighted by atomic mass is 35.5. The van der Waals surface area contributed by atoms with E-state index in [1.165, 1.54) is 23.3 Å². The number of hydrogen-bond acceptors (Lipinski definition) is 2. The summed E-state index contributed by atoms with van der Waals surface area (Å²) >= 11 is 12.6. The maximum Gasteiger partial charge on any atom is 0.159 e. The van der Waals surface area contributed by atoms with Crippen molar-refractivity contribution in [2.45, 2.75) is 19.5 Å². The molecule has 6 heteroatoms. The van der Waals surface area contributed by atoms with Gasteiger partial charge in [0.1, 0.15) is 0 Å². The summed E-state index contributed by atoms with van der Waals surface area (Å²) in [6, 6.07) is 18.2. The molecule has 0 N–H and O–H groups in total. The Kier molecular flexibility index (Phi) is 6.28. The standard InChI is InChI=1S/C24H22Cl2F2N2/c1-16-2-5-18(6-3-16)24-15-29(14-17-4-8-21(27)22(28)12-17)10-11-30(24)23-9-7-19(25)13-20(23)26/h2-9,12-13,24H,10-11,14-15H2,1H3. The van der Waals surface area contributed by atoms with Crippen molar-refractivity contribution in [1.82, 2.24) is 4.90 Å². The van der Waals surface area contributed by atoms with Crippen LogP contribution < -0.4 is 4.90 Å². The van der Waals surface area contributed by atoms with E-state index in [9.17, 15) is 8.78 Å². The van der Waals surface area contributed by atoms with Crippen molar-refractivity contribution in [2.24, 2.45) is 0 Å². The van der Waals surface area contributed by atoms with Gasteiger partial charge in [-0.15, -0.1) is 0 Å². The Balaban J connectivity index is 1.62. The lowest BCUT2D eigenvalue weighted by atomic mass is 9.99. The topological polar surface area (TPSA) is 6.48 Å². The molecule has 2 nitrogen and oxygen atoms in total. The second-order valence-electron chi connectivity index (χ2n) is 7.70. The molecule has 0 radical (unpaired) electrons. The monoisotopic (exact) mass is 446 g/mol. The minimum absolute atomic E-state index is 0.0725. The highest BCUT2D eigenvalue weighted by Gasteiger charge is 2.29. The number of piperazine rings is 1. The maximum atomic E-state index is 13.6. The first kappa shape index (κ1) is 21.1. The van der Waals surface area contributed by atoms with Crippen molar-refractivity contribution in [3.8, 4) is 0 Å². The molecule has 0 aromatic heterocycles. The molecular weight excluding hydrogens is 425 g/mol. The Labute approximate surface area is 185 Å². The lowest BCUT2D eigenvalue weighted by Crippen LogP contribution is -2.48. The van der Waals surface area contributed by atoms with Crippen LogP contribution in [0.15, 0.2) is 60.7 Å². The van der Waals surface area contributed by atoms with Crippen LogP contribution in [-0.2, 0) is 6.54 Å². The molecule has 0 saturated carbocycles. The van der Waals surface area contributed by atoms with Gasteiger partial charge in [-0.3, -0.25) is 4.90 Å². The molecule has 30 heavy (non-hydrogen) atoms. The molecule has 1 atom stereocenters. The van der Waals surface area contributed by atoms with Gasteiger partial charge in [-0.1, -0.05) is 59.1 Å². The average molecular weight is 447 g/mol. The quantitative estimate of drug-likeness (QED) is 0.442. The number of aryl methyl sites for hydroxylation is 1. The number of halogens is 4. The first-order valence-electron chi connectivity index (χ1n) is 9.85. The van der Waals surface area contributed by atoms with Gasteiger partial charge in [0.15, 0.2) is 11.6 Å². The van der Waals surface area contributed by atoms with Gasteiger partial charge in [-0.2, -0.15) is 0 Å². The van der Waals surface area contributed by atoms with Crippen LogP contribution in [-0.4, -0.2) is 24.5 Å². The van der Waals surface area contributed by atoms with Crippen molar-refractivity contribution in [3.63, 3.8) is 0 Å². The summed E-state index contributed by atoms with van der Waals surface area (Å²) in [6.45, 7) is 4.89. The lowest BCUT2D eigenvalue weighted by Gasteiger charge is -2.43. The first-order valence-corrected chi connectivity index (χ1v) is 10.6. The second kappa shape index (κ2) is 8.93. The van der Waals surface area contributed by atoms with E-state index in [2.05, 4.69) is 41.0 Å². The molecule has 1 heterocycles. The van der Waals surface area contributed by atoms with E-state index in [1.807, 2.05) is 12.1 Å². The van der Waals surface area contributed by atoms with Crippen LogP contribution in [0.1, 0.15) is 22.7 Å². The predicted octanol–water partition coefficient (Wildman–Crippen LogP) is 6.64. The van der Waals surface area contributed by atoms with Gasteiger partial charge in [0, 0.05) is 31.2 Å². The number of nitrogens with zero attached hydrogens (tertiary/aromatic N) is 2. The Morgan fingerprint density at radius 1 is 0.900 bits per heavy atom. The third-order valence-electron chi connectivity index (χ3n) is 5.54. The fourth-order valence-corrected chi connectivity index (χ4v) is 4.47. The number of benzene rings is 3. The van der Waals surface area contributed by atoms with E-state index < -0.39 is 11.6 Å². The maximum absolute atomic E-state index is 13.6. The second-order valence-corrected chi connectivity index (χ2v) is 8.54. The van der Waals surface area contributed by atoms with E-state index in [-0.39, 0.29) is 6.04 Å². The molecule has 1 aliphatic heterocycles. The van der Waals surface area contributed by atoms with Gasteiger partial charge in [0.2, 0.25) is 0 Å². The summed E-state index contributed by atoms with van der Waals surface area (Å²) in [6.07, 6.45) is 0. The van der Waals surface area contributed by atoms with Crippen molar-refractivity contribution < 1.29 is 8.78 Å². The summed E-state index contributed by atoms with van der Waals surface area (Å²) in [4.78, 5) is 4.56. The number of hydrogen-bond donors (Lipinski definition) is 0. The molecule has 0 aliphatic carbocycles. The third-order valence-corrected chi connectivity index (χ3v) is 6.07. The van der Waals surface area contributed by atoms with E-state index >= 15 is 0 Å². The summed E-state index contributed by atoms with van der Waals surface area (Å²) in [5, 5.41) is 1.22. The summed E-state index contributed by atoms with van der Waals surface area (Å²) in [7, 11) is 0. The summed E-state index contributed by atoms with van der Waals surface area (Å²) < 4.78 is 26.9. The molecule has 156 valence electrons. The van der Waals surface area contributed by atoms with Crippen molar-refractivity contribution >= 4 is 28.9 Å². The largest absolute Gasteiger partial charge is 0.361 e. The molecule has 1 fully saturated rings. The average Bonchev–Trinajstić information content (AvgIpc) is 2.72. The zero-order valence-corrected chi connectivity index (χ0v) is 18.1. The summed E-state index contributed by atoms with van der Waals surface area (Å²) in [5.74, 6) is -1.63. The molecule has 0 amide bonds. The predicted molar refractivity (Wildman–Crippen MR) is 119 cm³/mol. The van der Waals surface area contributed by atoms with Crippen LogP contribution in [0, 0.1) is 18.6 Å². The van der Waals surface area contributed by atoms with E-state index in [4.69, 9.17) is 23.2 Å². The van der Waals surface area contributed by atoms with Crippen LogP contribution in [0.25, 0.3) is 0 Å². The van der Waals surface area contributed by atoms with Gasteiger partial charge < -0.3 is 4.90 Å². The van der Waals surface area contributed by atoms with Crippen LogP contribution in [0.5, 0.6) is 0 Å². The molecule has 3 aromatic carbocycles. The SMILES string of the molecule is Cc1ccc(C2CN(Cc3ccc(F)c(F)c3)CCN2c2ccc(Cl)cc2Cl)cc1. The number of anilines is 1. The minimum atomic E-state index is -0.821. The van der Waals surface area contributed by atoms with E-state index in [1.54, 1.807) is 12.1 Å². The first-order chi connectivity index (χ1) is 14.4. The number of rotatable bonds is 4. The fourth-order valence-electron chi connectivity index (χ4n) is 3.96. The van der Waals surface area contributed by atoms with Crippen LogP contribution >= 0.6 is 23.2 Å². The van der Waals surface area contributed by atoms with Gasteiger partial charge >= 0.3 is 0 Å². The van der Waals surface area contributed by atoms with E-state index in [0.717, 1.165) is 30.9 Å². The molecule has 1 saturated heterocycles. The van der Waals surface area contributed by atoms with Crippen molar-refractivity contribution in [1.29, 1.82) is 0 Å². The molecular formula is C24H22Cl2F2N2. The van der Waals surface area contributed by atoms with Crippen molar-refractivity contribution in [3.05, 3.63) is 99.0 Å². The molecule has 3 aromatic rings. The summed E-state index contributed by atoms with van der Waals surface area (Å²) in [5.41, 5.74) is 4.08. The van der Waals surface area contributed by atoms with Crippen molar-refractivity contribution in [2.75, 3.05) is 24.5 Å². The Bertz CT molecular complexity index is 1040. The Morgan fingerprint density at radius 2 is 1.67 bits per heavy atom. The van der Waals surface area contributed by atoms with Gasteiger partial charge in [0.05, 0.1) is 16.8 Å². The molecule has 0 bridgehead atoms. The normalized spacial score (nSPS) is 17.4. The minimum Gasteiger partial charge on any atom is -0.361 e. The third kappa shape index (κ3) is 4.61. The Morgan fingerprint density at radius 3 is 2.37 bits per heavy atom. The highest BCUT2D eigenvalue weighted by Crippen LogP contribution is 2.37. The van der Waals surface area contributed by atoms with Gasteiger partial charge in [0.25, 0.3) is 0 Å². The molecule has 1 aliphatic rings. The van der Waals surface area contributed by atoms with E-state index in [0.29, 0.717) is 16.6 Å². The fraction of sp³-hybridized carbons (Fsp3) is 0.250. The van der Waals surface area contributed by atoms with Gasteiger partial charge in [-0.25, -0.2) is 8.78 Å². The van der Waals surface area contributed by atoms with Gasteiger partial charge in [-0.05, 0) is 48.4 Å². The highest BCUT2D eigenvalue weighted by molar-refractivity contribution is 6.36. The van der Waals surface area contributed by atoms with Crippen LogP contribution in [0.4, 0.5) is 14.5 Å².